The van der Waals surface area contributed by atoms with Crippen molar-refractivity contribution in [2.45, 2.75) is 12.8 Å². The number of hydrogen-bond donors (Lipinski definition) is 2. The predicted octanol–water partition coefficient (Wildman–Crippen LogP) is 0.270. The molecule has 0 spiro atoms. The molecule has 5 heteroatoms. The lowest BCUT2D eigenvalue weighted by atomic mass is 9.97. The zero-order valence-corrected chi connectivity index (χ0v) is 11.2. The van der Waals surface area contributed by atoms with Crippen molar-refractivity contribution in [1.29, 1.82) is 0 Å². The highest BCUT2D eigenvalue weighted by atomic mass is 16.3. The van der Waals surface area contributed by atoms with Gasteiger partial charge in [0.05, 0.1) is 11.1 Å². The lowest BCUT2D eigenvalue weighted by Gasteiger charge is -2.31. The van der Waals surface area contributed by atoms with Crippen LogP contribution in [0.3, 0.4) is 0 Å². The van der Waals surface area contributed by atoms with E-state index in [0.717, 1.165) is 12.8 Å². The fraction of sp³-hybridized carbons (Fsp3) is 0.467. The number of piperidine rings is 1. The average Bonchev–Trinajstić information content (AvgIpc) is 2.52. The molecule has 1 aromatic heterocycles. The van der Waals surface area contributed by atoms with Gasteiger partial charge in [0, 0.05) is 32.1 Å². The number of rotatable bonds is 2. The van der Waals surface area contributed by atoms with Gasteiger partial charge in [0.25, 0.3) is 5.91 Å². The molecule has 0 aliphatic carbocycles. The monoisotopic (exact) mass is 274 g/mol. The highest BCUT2D eigenvalue weighted by Crippen LogP contribution is 2.19. The fourth-order valence-electron chi connectivity index (χ4n) is 2.30. The number of aliphatic hydroxyl groups is 2. The number of carbonyl (C=O) groups excluding carboxylic acids is 1. The summed E-state index contributed by atoms with van der Waals surface area (Å²) in [6, 6.07) is 1.65. The van der Waals surface area contributed by atoms with E-state index in [4.69, 9.17) is 10.2 Å². The van der Waals surface area contributed by atoms with Crippen molar-refractivity contribution in [3.63, 3.8) is 0 Å². The first-order chi connectivity index (χ1) is 9.76. The summed E-state index contributed by atoms with van der Waals surface area (Å²) in [6.45, 7) is 1.24. The number of nitrogens with zero attached hydrogens (tertiary/aromatic N) is 2. The van der Waals surface area contributed by atoms with E-state index in [0.29, 0.717) is 30.1 Å². The molecular formula is C15H18N2O3. The second-order valence-corrected chi connectivity index (χ2v) is 4.80. The minimum absolute atomic E-state index is 0.0639. The largest absolute Gasteiger partial charge is 0.396 e. The first-order valence-corrected chi connectivity index (χ1v) is 6.70. The molecule has 1 aliphatic heterocycles. The molecule has 106 valence electrons. The van der Waals surface area contributed by atoms with Crippen LogP contribution >= 0.6 is 0 Å². The minimum Gasteiger partial charge on any atom is -0.396 e. The molecule has 2 N–H and O–H groups in total. The minimum atomic E-state index is -0.246. The van der Waals surface area contributed by atoms with Gasteiger partial charge in [0.2, 0.25) is 0 Å². The van der Waals surface area contributed by atoms with E-state index >= 15 is 0 Å². The van der Waals surface area contributed by atoms with Crippen LogP contribution < -0.4 is 0 Å². The summed E-state index contributed by atoms with van der Waals surface area (Å²) in [5.41, 5.74) is 1.05. The first kappa shape index (κ1) is 14.5. The SMILES string of the molecule is O=C(c1ccncc1C#CCO)N1CCC(CO)CC1. The van der Waals surface area contributed by atoms with Gasteiger partial charge in [0.15, 0.2) is 0 Å². The normalized spacial score (nSPS) is 15.6. The van der Waals surface area contributed by atoms with E-state index in [-0.39, 0.29) is 19.1 Å². The molecule has 0 radical (unpaired) electrons. The van der Waals surface area contributed by atoms with Crippen molar-refractivity contribution in [2.24, 2.45) is 5.92 Å². The maximum atomic E-state index is 12.5. The van der Waals surface area contributed by atoms with E-state index in [9.17, 15) is 4.79 Å². The topological polar surface area (TPSA) is 73.7 Å². The maximum absolute atomic E-state index is 12.5. The van der Waals surface area contributed by atoms with Crippen molar-refractivity contribution < 1.29 is 15.0 Å². The molecule has 1 amide bonds. The van der Waals surface area contributed by atoms with Gasteiger partial charge in [0.1, 0.15) is 6.61 Å². The molecule has 0 bridgehead atoms. The van der Waals surface area contributed by atoms with Crippen molar-refractivity contribution >= 4 is 5.91 Å². The average molecular weight is 274 g/mol. The Bertz CT molecular complexity index is 525. The number of amides is 1. The Hall–Kier alpha value is -1.90. The zero-order chi connectivity index (χ0) is 14.4. The zero-order valence-electron chi connectivity index (χ0n) is 11.2. The number of carbonyl (C=O) groups is 1. The second kappa shape index (κ2) is 7.04. The van der Waals surface area contributed by atoms with Gasteiger partial charge in [-0.05, 0) is 24.8 Å². The molecule has 1 aliphatic rings. The lowest BCUT2D eigenvalue weighted by molar-refractivity contribution is 0.0650. The molecule has 5 nitrogen and oxygen atoms in total. The maximum Gasteiger partial charge on any atom is 0.255 e. The molecule has 2 heterocycles. The van der Waals surface area contributed by atoms with E-state index in [1.54, 1.807) is 17.2 Å². The van der Waals surface area contributed by atoms with Crippen LogP contribution in [0.2, 0.25) is 0 Å². The summed E-state index contributed by atoms with van der Waals surface area (Å²) in [4.78, 5) is 18.2. The smallest absolute Gasteiger partial charge is 0.255 e. The van der Waals surface area contributed by atoms with Crippen LogP contribution in [0.25, 0.3) is 0 Å². The van der Waals surface area contributed by atoms with Crippen molar-refractivity contribution in [3.05, 3.63) is 29.6 Å². The van der Waals surface area contributed by atoms with Gasteiger partial charge < -0.3 is 15.1 Å². The molecule has 0 atom stereocenters. The summed E-state index contributed by atoms with van der Waals surface area (Å²) < 4.78 is 0. The molecule has 2 rings (SSSR count). The number of aliphatic hydroxyl groups excluding tert-OH is 2. The van der Waals surface area contributed by atoms with Gasteiger partial charge in [-0.15, -0.1) is 0 Å². The number of aromatic nitrogens is 1. The molecule has 1 aromatic rings. The molecule has 0 unspecified atom stereocenters. The van der Waals surface area contributed by atoms with Crippen molar-refractivity contribution in [1.82, 2.24) is 9.88 Å². The van der Waals surface area contributed by atoms with Gasteiger partial charge in [-0.25, -0.2) is 0 Å². The molecule has 20 heavy (non-hydrogen) atoms. The van der Waals surface area contributed by atoms with Crippen LogP contribution in [-0.4, -0.2) is 52.3 Å². The number of hydrogen-bond acceptors (Lipinski definition) is 4. The standard InChI is InChI=1S/C15H18N2O3/c18-9-1-2-13-10-16-6-3-14(13)15(20)17-7-4-12(11-19)5-8-17/h3,6,10,12,18-19H,4-5,7-9,11H2. The first-order valence-electron chi connectivity index (χ1n) is 6.70. The Morgan fingerprint density at radius 2 is 2.15 bits per heavy atom. The van der Waals surface area contributed by atoms with E-state index in [1.165, 1.54) is 6.20 Å². The Morgan fingerprint density at radius 3 is 2.80 bits per heavy atom. The third-order valence-electron chi connectivity index (χ3n) is 3.51. The summed E-state index contributed by atoms with van der Waals surface area (Å²) in [6.07, 6.45) is 4.75. The number of pyridine rings is 1. The molecular weight excluding hydrogens is 256 g/mol. The highest BCUT2D eigenvalue weighted by Gasteiger charge is 2.24. The third kappa shape index (κ3) is 3.35. The van der Waals surface area contributed by atoms with Crippen LogP contribution in [0, 0.1) is 17.8 Å². The quantitative estimate of drug-likeness (QED) is 0.759. The number of likely N-dealkylation sites (tertiary alicyclic amines) is 1. The van der Waals surface area contributed by atoms with Crippen LogP contribution in [0.1, 0.15) is 28.8 Å². The van der Waals surface area contributed by atoms with Crippen LogP contribution in [0.4, 0.5) is 0 Å². The lowest BCUT2D eigenvalue weighted by Crippen LogP contribution is -2.39. The van der Waals surface area contributed by atoms with Crippen molar-refractivity contribution in [3.8, 4) is 11.8 Å². The van der Waals surface area contributed by atoms with Gasteiger partial charge in [-0.3, -0.25) is 9.78 Å². The Kier molecular flexibility index (Phi) is 5.10. The van der Waals surface area contributed by atoms with Crippen molar-refractivity contribution in [2.75, 3.05) is 26.3 Å². The molecule has 0 saturated carbocycles. The van der Waals surface area contributed by atoms with Gasteiger partial charge in [-0.1, -0.05) is 11.8 Å². The Labute approximate surface area is 118 Å². The summed E-state index contributed by atoms with van der Waals surface area (Å²) in [5.74, 6) is 5.53. The highest BCUT2D eigenvalue weighted by molar-refractivity contribution is 5.96. The second-order valence-electron chi connectivity index (χ2n) is 4.80. The molecule has 0 aromatic carbocycles. The van der Waals surface area contributed by atoms with E-state index in [1.807, 2.05) is 0 Å². The predicted molar refractivity (Wildman–Crippen MR) is 73.9 cm³/mol. The third-order valence-corrected chi connectivity index (χ3v) is 3.51. The summed E-state index contributed by atoms with van der Waals surface area (Å²) in [5, 5.41) is 17.9. The van der Waals surface area contributed by atoms with E-state index in [2.05, 4.69) is 16.8 Å². The van der Waals surface area contributed by atoms with E-state index < -0.39 is 0 Å². The van der Waals surface area contributed by atoms with Crippen LogP contribution in [0.15, 0.2) is 18.5 Å². The van der Waals surface area contributed by atoms with Gasteiger partial charge >= 0.3 is 0 Å². The Balaban J connectivity index is 2.13. The summed E-state index contributed by atoms with van der Waals surface area (Å²) >= 11 is 0. The van der Waals surface area contributed by atoms with Gasteiger partial charge in [-0.2, -0.15) is 0 Å². The fourth-order valence-corrected chi connectivity index (χ4v) is 2.30. The molecule has 1 fully saturated rings. The molecule has 1 saturated heterocycles. The van der Waals surface area contributed by atoms with Crippen LogP contribution in [0.5, 0.6) is 0 Å². The van der Waals surface area contributed by atoms with Crippen LogP contribution in [-0.2, 0) is 0 Å². The Morgan fingerprint density at radius 1 is 1.40 bits per heavy atom. The summed E-state index contributed by atoms with van der Waals surface area (Å²) in [7, 11) is 0.